The lowest BCUT2D eigenvalue weighted by molar-refractivity contribution is -0.116. The van der Waals surface area contributed by atoms with E-state index in [0.29, 0.717) is 22.2 Å². The van der Waals surface area contributed by atoms with Gasteiger partial charge < -0.3 is 10.1 Å². The maximum atomic E-state index is 12.6. The van der Waals surface area contributed by atoms with Crippen molar-refractivity contribution in [3.05, 3.63) is 45.3 Å². The average Bonchev–Trinajstić information content (AvgIpc) is 3.15. The van der Waals surface area contributed by atoms with Crippen LogP contribution in [0.15, 0.2) is 29.1 Å². The number of thiazole rings is 1. The number of benzene rings is 1. The summed E-state index contributed by atoms with van der Waals surface area (Å²) in [5.41, 5.74) is 2.02. The third kappa shape index (κ3) is 3.63. The van der Waals surface area contributed by atoms with Crippen molar-refractivity contribution in [1.29, 1.82) is 0 Å². The van der Waals surface area contributed by atoms with E-state index in [1.54, 1.807) is 16.1 Å². The Morgan fingerprint density at radius 1 is 1.22 bits per heavy atom. The lowest BCUT2D eigenvalue weighted by atomic mass is 10.3. The first-order valence-electron chi connectivity index (χ1n) is 8.50. The quantitative estimate of drug-likeness (QED) is 0.654. The molecule has 27 heavy (non-hydrogen) atoms. The maximum Gasteiger partial charge on any atom is 0.350 e. The van der Waals surface area contributed by atoms with Crippen LogP contribution in [0.4, 0.5) is 5.13 Å². The number of aryl methyl sites for hydroxylation is 3. The zero-order valence-corrected chi connectivity index (χ0v) is 16.1. The van der Waals surface area contributed by atoms with Crippen LogP contribution in [-0.4, -0.2) is 33.1 Å². The van der Waals surface area contributed by atoms with Crippen molar-refractivity contribution < 1.29 is 14.3 Å². The molecule has 0 atom stereocenters. The van der Waals surface area contributed by atoms with Crippen LogP contribution in [0, 0.1) is 6.92 Å². The van der Waals surface area contributed by atoms with E-state index >= 15 is 0 Å². The SMILES string of the molecule is CCn1c(=O)n(CCC(=O)Nc2nc(C)c(C(=O)OC)s2)c2ccccc21. The molecule has 2 heterocycles. The van der Waals surface area contributed by atoms with Gasteiger partial charge in [0.2, 0.25) is 5.91 Å². The molecule has 0 bridgehead atoms. The summed E-state index contributed by atoms with van der Waals surface area (Å²) < 4.78 is 7.97. The van der Waals surface area contributed by atoms with Crippen molar-refractivity contribution in [3.63, 3.8) is 0 Å². The van der Waals surface area contributed by atoms with Gasteiger partial charge in [-0.2, -0.15) is 0 Å². The fourth-order valence-electron chi connectivity index (χ4n) is 2.92. The van der Waals surface area contributed by atoms with Crippen LogP contribution in [0.2, 0.25) is 0 Å². The Labute approximate surface area is 159 Å². The molecule has 9 heteroatoms. The van der Waals surface area contributed by atoms with Crippen LogP contribution in [0.1, 0.15) is 28.7 Å². The number of amides is 1. The standard InChI is InChI=1S/C18H20N4O4S/c1-4-21-12-7-5-6-8-13(12)22(18(21)25)10-9-14(23)20-17-19-11(2)15(27-17)16(24)26-3/h5-8H,4,9-10H2,1-3H3,(H,19,20,23). The van der Waals surface area contributed by atoms with Crippen molar-refractivity contribution in [2.24, 2.45) is 0 Å². The Kier molecular flexibility index (Phi) is 5.41. The Bertz CT molecular complexity index is 1060. The number of methoxy groups -OCH3 is 1. The van der Waals surface area contributed by atoms with Gasteiger partial charge in [0.15, 0.2) is 5.13 Å². The third-order valence-electron chi connectivity index (χ3n) is 4.22. The van der Waals surface area contributed by atoms with Crippen molar-refractivity contribution in [1.82, 2.24) is 14.1 Å². The molecule has 2 aromatic heterocycles. The number of carbonyl (C=O) groups is 2. The average molecular weight is 388 g/mol. The topological polar surface area (TPSA) is 95.2 Å². The van der Waals surface area contributed by atoms with Gasteiger partial charge in [0.05, 0.1) is 23.8 Å². The van der Waals surface area contributed by atoms with Gasteiger partial charge in [0.25, 0.3) is 0 Å². The molecule has 0 aliphatic heterocycles. The number of aromatic nitrogens is 3. The lowest BCUT2D eigenvalue weighted by Gasteiger charge is -2.03. The first-order valence-corrected chi connectivity index (χ1v) is 9.31. The number of nitrogens with zero attached hydrogens (tertiary/aromatic N) is 3. The molecule has 1 amide bonds. The highest BCUT2D eigenvalue weighted by atomic mass is 32.1. The summed E-state index contributed by atoms with van der Waals surface area (Å²) in [6.07, 6.45) is 0.115. The molecular formula is C18H20N4O4S. The largest absolute Gasteiger partial charge is 0.465 e. The molecular weight excluding hydrogens is 368 g/mol. The first kappa shape index (κ1) is 18.8. The Morgan fingerprint density at radius 2 is 1.89 bits per heavy atom. The molecule has 0 spiro atoms. The van der Waals surface area contributed by atoms with E-state index in [-0.39, 0.29) is 24.6 Å². The highest BCUT2D eigenvalue weighted by Crippen LogP contribution is 2.23. The molecule has 0 saturated heterocycles. The van der Waals surface area contributed by atoms with Gasteiger partial charge in [-0.15, -0.1) is 0 Å². The summed E-state index contributed by atoms with van der Waals surface area (Å²) >= 11 is 1.07. The van der Waals surface area contributed by atoms with Crippen LogP contribution in [0.3, 0.4) is 0 Å². The summed E-state index contributed by atoms with van der Waals surface area (Å²) in [6, 6.07) is 7.51. The van der Waals surface area contributed by atoms with Crippen LogP contribution >= 0.6 is 11.3 Å². The molecule has 0 fully saturated rings. The van der Waals surface area contributed by atoms with Gasteiger partial charge in [-0.3, -0.25) is 13.9 Å². The molecule has 142 valence electrons. The van der Waals surface area contributed by atoms with E-state index in [4.69, 9.17) is 0 Å². The minimum absolute atomic E-state index is 0.115. The molecule has 1 N–H and O–H groups in total. The number of nitrogens with one attached hydrogen (secondary N) is 1. The van der Waals surface area contributed by atoms with E-state index in [9.17, 15) is 14.4 Å². The molecule has 1 aromatic carbocycles. The van der Waals surface area contributed by atoms with Gasteiger partial charge in [-0.25, -0.2) is 14.6 Å². The smallest absolute Gasteiger partial charge is 0.350 e. The normalized spacial score (nSPS) is 10.9. The van der Waals surface area contributed by atoms with E-state index in [1.807, 2.05) is 31.2 Å². The van der Waals surface area contributed by atoms with E-state index in [1.165, 1.54) is 7.11 Å². The second-order valence-corrected chi connectivity index (χ2v) is 6.89. The second kappa shape index (κ2) is 7.75. The monoisotopic (exact) mass is 388 g/mol. The third-order valence-corrected chi connectivity index (χ3v) is 5.27. The number of ether oxygens (including phenoxy) is 1. The van der Waals surface area contributed by atoms with Gasteiger partial charge in [-0.05, 0) is 26.0 Å². The highest BCUT2D eigenvalue weighted by Gasteiger charge is 2.17. The van der Waals surface area contributed by atoms with Crippen LogP contribution in [-0.2, 0) is 22.6 Å². The molecule has 3 rings (SSSR count). The van der Waals surface area contributed by atoms with Gasteiger partial charge in [0.1, 0.15) is 4.88 Å². The fraction of sp³-hybridized carbons (Fsp3) is 0.333. The zero-order valence-electron chi connectivity index (χ0n) is 15.3. The summed E-state index contributed by atoms with van der Waals surface area (Å²) in [5.74, 6) is -0.759. The Morgan fingerprint density at radius 3 is 2.52 bits per heavy atom. The zero-order chi connectivity index (χ0) is 19.6. The van der Waals surface area contributed by atoms with Crippen LogP contribution < -0.4 is 11.0 Å². The summed E-state index contributed by atoms with van der Waals surface area (Å²) in [4.78, 5) is 41.0. The second-order valence-electron chi connectivity index (χ2n) is 5.89. The molecule has 0 aliphatic rings. The van der Waals surface area contributed by atoms with Crippen molar-refractivity contribution >= 4 is 39.4 Å². The molecule has 8 nitrogen and oxygen atoms in total. The number of rotatable bonds is 6. The van der Waals surface area contributed by atoms with Crippen LogP contribution in [0.5, 0.6) is 0 Å². The fourth-order valence-corrected chi connectivity index (χ4v) is 3.82. The lowest BCUT2D eigenvalue weighted by Crippen LogP contribution is -2.25. The van der Waals surface area contributed by atoms with Crippen molar-refractivity contribution in [3.8, 4) is 0 Å². The first-order chi connectivity index (χ1) is 13.0. The maximum absolute atomic E-state index is 12.6. The number of anilines is 1. The number of imidazole rings is 1. The predicted octanol–water partition coefficient (Wildman–Crippen LogP) is 2.40. The van der Waals surface area contributed by atoms with E-state index in [0.717, 1.165) is 22.4 Å². The number of hydrogen-bond acceptors (Lipinski definition) is 6. The minimum atomic E-state index is -0.482. The van der Waals surface area contributed by atoms with Crippen molar-refractivity contribution in [2.75, 3.05) is 12.4 Å². The number of para-hydroxylation sites is 2. The minimum Gasteiger partial charge on any atom is -0.465 e. The van der Waals surface area contributed by atoms with E-state index < -0.39 is 5.97 Å². The number of fused-ring (bicyclic) bond motifs is 1. The number of carbonyl (C=O) groups excluding carboxylic acids is 2. The molecule has 0 unspecified atom stereocenters. The molecule has 3 aromatic rings. The molecule has 0 aliphatic carbocycles. The Balaban J connectivity index is 1.74. The van der Waals surface area contributed by atoms with Gasteiger partial charge >= 0.3 is 11.7 Å². The molecule has 0 radical (unpaired) electrons. The summed E-state index contributed by atoms with van der Waals surface area (Å²) in [6.45, 7) is 4.41. The summed E-state index contributed by atoms with van der Waals surface area (Å²) in [5, 5.41) is 3.01. The number of hydrogen-bond donors (Lipinski definition) is 1. The van der Waals surface area contributed by atoms with Gasteiger partial charge in [0, 0.05) is 19.5 Å². The highest BCUT2D eigenvalue weighted by molar-refractivity contribution is 7.17. The van der Waals surface area contributed by atoms with Gasteiger partial charge in [-0.1, -0.05) is 23.5 Å². The molecule has 0 saturated carbocycles. The van der Waals surface area contributed by atoms with E-state index in [2.05, 4.69) is 15.0 Å². The Hall–Kier alpha value is -2.94. The summed E-state index contributed by atoms with van der Waals surface area (Å²) in [7, 11) is 1.30. The number of esters is 1. The predicted molar refractivity (Wildman–Crippen MR) is 103 cm³/mol. The van der Waals surface area contributed by atoms with Crippen LogP contribution in [0.25, 0.3) is 11.0 Å². The van der Waals surface area contributed by atoms with Crippen molar-refractivity contribution in [2.45, 2.75) is 33.4 Å².